The first-order valence-corrected chi connectivity index (χ1v) is 10.9. The van der Waals surface area contributed by atoms with Gasteiger partial charge in [0.05, 0.1) is 16.6 Å². The summed E-state index contributed by atoms with van der Waals surface area (Å²) in [7, 11) is 1.90. The standard InChI is InChI=1S/C23H26N6O2/c1-22(5-6-22)31-15-3-4-17-16(11-15)20(27-26-17)18-12-19(25-14-24-18)29-10-8-23(13-29)7-9-28(2)21(23)30/h3-4,11-12,14H,5-10,13H2,1-2H3,(H,26,27)/t23-/m1/s1. The largest absolute Gasteiger partial charge is 0.488 e. The molecule has 160 valence electrons. The molecule has 1 aromatic carbocycles. The van der Waals surface area contributed by atoms with Crippen molar-refractivity contribution in [2.75, 3.05) is 31.6 Å². The minimum Gasteiger partial charge on any atom is -0.488 e. The van der Waals surface area contributed by atoms with Gasteiger partial charge in [0.1, 0.15) is 29.2 Å². The summed E-state index contributed by atoms with van der Waals surface area (Å²) in [5.74, 6) is 1.97. The lowest BCUT2D eigenvalue weighted by Gasteiger charge is -2.22. The highest BCUT2D eigenvalue weighted by molar-refractivity contribution is 5.93. The summed E-state index contributed by atoms with van der Waals surface area (Å²) in [4.78, 5) is 25.8. The number of amides is 1. The monoisotopic (exact) mass is 418 g/mol. The number of anilines is 1. The average molecular weight is 419 g/mol. The van der Waals surface area contributed by atoms with Gasteiger partial charge in [-0.15, -0.1) is 0 Å². The molecule has 1 aliphatic carbocycles. The van der Waals surface area contributed by atoms with Crippen molar-refractivity contribution in [1.29, 1.82) is 0 Å². The van der Waals surface area contributed by atoms with E-state index in [9.17, 15) is 4.79 Å². The van der Waals surface area contributed by atoms with Crippen LogP contribution in [0.5, 0.6) is 5.75 Å². The van der Waals surface area contributed by atoms with Crippen LogP contribution in [0.15, 0.2) is 30.6 Å². The quantitative estimate of drug-likeness (QED) is 0.701. The normalized spacial score (nSPS) is 24.5. The number of benzene rings is 1. The Morgan fingerprint density at radius 1 is 1.10 bits per heavy atom. The summed E-state index contributed by atoms with van der Waals surface area (Å²) in [6.07, 6.45) is 5.56. The van der Waals surface area contributed by atoms with Gasteiger partial charge in [0.15, 0.2) is 0 Å². The lowest BCUT2D eigenvalue weighted by molar-refractivity contribution is -0.134. The second kappa shape index (κ2) is 6.42. The molecule has 1 atom stereocenters. The molecular weight excluding hydrogens is 392 g/mol. The third-order valence-electron chi connectivity index (χ3n) is 7.15. The summed E-state index contributed by atoms with van der Waals surface area (Å²) >= 11 is 0. The Hall–Kier alpha value is -3.16. The van der Waals surface area contributed by atoms with Crippen molar-refractivity contribution in [3.63, 3.8) is 0 Å². The van der Waals surface area contributed by atoms with Gasteiger partial charge < -0.3 is 14.5 Å². The van der Waals surface area contributed by atoms with Crippen LogP contribution in [0.25, 0.3) is 22.3 Å². The number of aromatic nitrogens is 4. The number of carbonyl (C=O) groups excluding carboxylic acids is 1. The Kier molecular flexibility index (Phi) is 3.85. The van der Waals surface area contributed by atoms with Crippen molar-refractivity contribution < 1.29 is 9.53 Å². The molecule has 0 unspecified atom stereocenters. The van der Waals surface area contributed by atoms with Crippen molar-refractivity contribution in [3.8, 4) is 17.1 Å². The highest BCUT2D eigenvalue weighted by Gasteiger charge is 2.50. The van der Waals surface area contributed by atoms with Crippen LogP contribution in [0.2, 0.25) is 0 Å². The Morgan fingerprint density at radius 2 is 1.94 bits per heavy atom. The zero-order chi connectivity index (χ0) is 21.2. The minimum absolute atomic E-state index is 0.0306. The van der Waals surface area contributed by atoms with Crippen LogP contribution < -0.4 is 9.64 Å². The van der Waals surface area contributed by atoms with Crippen LogP contribution in [0.3, 0.4) is 0 Å². The van der Waals surface area contributed by atoms with Crippen LogP contribution in [0, 0.1) is 5.41 Å². The smallest absolute Gasteiger partial charge is 0.230 e. The topological polar surface area (TPSA) is 87.2 Å². The first-order valence-electron chi connectivity index (χ1n) is 10.9. The molecule has 2 aliphatic heterocycles. The van der Waals surface area contributed by atoms with Gasteiger partial charge in [-0.1, -0.05) is 0 Å². The van der Waals surface area contributed by atoms with Crippen LogP contribution in [0.4, 0.5) is 5.82 Å². The number of nitrogens with zero attached hydrogens (tertiary/aromatic N) is 5. The van der Waals surface area contributed by atoms with E-state index in [0.29, 0.717) is 6.54 Å². The number of ether oxygens (including phenoxy) is 1. The van der Waals surface area contributed by atoms with Crippen molar-refractivity contribution in [3.05, 3.63) is 30.6 Å². The van der Waals surface area contributed by atoms with Gasteiger partial charge in [0.25, 0.3) is 0 Å². The number of rotatable bonds is 4. The van der Waals surface area contributed by atoms with Crippen molar-refractivity contribution >= 4 is 22.6 Å². The second-order valence-electron chi connectivity index (χ2n) is 9.52. The number of fused-ring (bicyclic) bond motifs is 1. The molecule has 1 saturated carbocycles. The zero-order valence-corrected chi connectivity index (χ0v) is 17.9. The van der Waals surface area contributed by atoms with E-state index in [1.807, 2.05) is 36.2 Å². The van der Waals surface area contributed by atoms with Gasteiger partial charge in [0, 0.05) is 38.1 Å². The highest BCUT2D eigenvalue weighted by Crippen LogP contribution is 2.42. The Labute approximate surface area is 180 Å². The molecule has 3 aromatic rings. The van der Waals surface area contributed by atoms with Crippen molar-refractivity contribution in [2.24, 2.45) is 5.41 Å². The van der Waals surface area contributed by atoms with Crippen LogP contribution >= 0.6 is 0 Å². The summed E-state index contributed by atoms with van der Waals surface area (Å²) in [5, 5.41) is 8.61. The molecule has 2 saturated heterocycles. The Bertz CT molecular complexity index is 1190. The maximum absolute atomic E-state index is 12.7. The van der Waals surface area contributed by atoms with Crippen LogP contribution in [0.1, 0.15) is 32.6 Å². The summed E-state index contributed by atoms with van der Waals surface area (Å²) < 4.78 is 6.14. The van der Waals surface area contributed by atoms with E-state index in [4.69, 9.17) is 4.74 Å². The maximum atomic E-state index is 12.7. The molecule has 3 fully saturated rings. The van der Waals surface area contributed by atoms with E-state index in [-0.39, 0.29) is 16.9 Å². The molecule has 1 amide bonds. The molecule has 0 bridgehead atoms. The average Bonchev–Trinajstić information content (AvgIpc) is 3.11. The van der Waals surface area contributed by atoms with Crippen molar-refractivity contribution in [2.45, 2.75) is 38.2 Å². The predicted octanol–water partition coefficient (Wildman–Crippen LogP) is 3.01. The molecule has 4 heterocycles. The number of H-pyrrole nitrogens is 1. The maximum Gasteiger partial charge on any atom is 0.230 e. The van der Waals surface area contributed by atoms with Gasteiger partial charge in [-0.25, -0.2) is 9.97 Å². The van der Waals surface area contributed by atoms with Gasteiger partial charge in [-0.2, -0.15) is 5.10 Å². The van der Waals surface area contributed by atoms with Crippen molar-refractivity contribution in [1.82, 2.24) is 25.1 Å². The molecule has 3 aliphatic rings. The lowest BCUT2D eigenvalue weighted by Crippen LogP contribution is -2.35. The molecule has 6 rings (SSSR count). The summed E-state index contributed by atoms with van der Waals surface area (Å²) in [6.45, 7) is 4.52. The molecule has 8 heteroatoms. The number of carbonyl (C=O) groups is 1. The van der Waals surface area contributed by atoms with E-state index < -0.39 is 0 Å². The van der Waals surface area contributed by atoms with Crippen LogP contribution in [-0.4, -0.2) is 63.3 Å². The third kappa shape index (κ3) is 3.04. The number of likely N-dealkylation sites (tertiary alicyclic amines) is 1. The Morgan fingerprint density at radius 3 is 2.71 bits per heavy atom. The van der Waals surface area contributed by atoms with Gasteiger partial charge in [-0.3, -0.25) is 9.89 Å². The lowest BCUT2D eigenvalue weighted by atomic mass is 9.86. The third-order valence-corrected chi connectivity index (χ3v) is 7.15. The van der Waals surface area contributed by atoms with Gasteiger partial charge in [0.2, 0.25) is 5.91 Å². The Balaban J connectivity index is 1.30. The molecular formula is C23H26N6O2. The molecule has 1 N–H and O–H groups in total. The van der Waals surface area contributed by atoms with Gasteiger partial charge in [-0.05, 0) is 50.8 Å². The molecule has 0 radical (unpaired) electrons. The number of hydrogen-bond donors (Lipinski definition) is 1. The molecule has 2 aromatic heterocycles. The van der Waals surface area contributed by atoms with E-state index in [2.05, 4.69) is 32.0 Å². The molecule has 31 heavy (non-hydrogen) atoms. The number of nitrogens with one attached hydrogen (secondary N) is 1. The highest BCUT2D eigenvalue weighted by atomic mass is 16.5. The first-order chi connectivity index (χ1) is 14.9. The summed E-state index contributed by atoms with van der Waals surface area (Å²) in [6, 6.07) is 8.00. The van der Waals surface area contributed by atoms with E-state index >= 15 is 0 Å². The fourth-order valence-electron chi connectivity index (χ4n) is 4.91. The SMILES string of the molecule is CN1CC[C@]2(CCN(c3cc(-c4n[nH]c5ccc(OC6(C)CC6)cc45)ncn3)C2)C1=O. The minimum atomic E-state index is -0.260. The molecule has 1 spiro atoms. The molecule has 8 nitrogen and oxygen atoms in total. The van der Waals surface area contributed by atoms with E-state index in [0.717, 1.165) is 72.6 Å². The number of aromatic amines is 1. The summed E-state index contributed by atoms with van der Waals surface area (Å²) in [5.41, 5.74) is 2.21. The first kappa shape index (κ1) is 18.6. The fraction of sp³-hybridized carbons (Fsp3) is 0.478. The van der Waals surface area contributed by atoms with Crippen LogP contribution in [-0.2, 0) is 4.79 Å². The number of hydrogen-bond acceptors (Lipinski definition) is 6. The fourth-order valence-corrected chi connectivity index (χ4v) is 4.91. The predicted molar refractivity (Wildman–Crippen MR) is 117 cm³/mol. The van der Waals surface area contributed by atoms with E-state index in [1.165, 1.54) is 0 Å². The zero-order valence-electron chi connectivity index (χ0n) is 17.9. The second-order valence-corrected chi connectivity index (χ2v) is 9.52. The van der Waals surface area contributed by atoms with Gasteiger partial charge >= 0.3 is 0 Å². The van der Waals surface area contributed by atoms with E-state index in [1.54, 1.807) is 6.33 Å².